The fraction of sp³-hybridized carbons (Fsp3) is 0.333. The summed E-state index contributed by atoms with van der Waals surface area (Å²) in [4.78, 5) is 3.70. The number of hydrogen-bond donors (Lipinski definition) is 1. The van der Waals surface area contributed by atoms with Crippen molar-refractivity contribution in [3.63, 3.8) is 0 Å². The number of halogens is 1. The smallest absolute Gasteiger partial charge is 0.0514 e. The van der Waals surface area contributed by atoms with Crippen LogP contribution in [0.4, 0.5) is 0 Å². The minimum atomic E-state index is 0.395. The van der Waals surface area contributed by atoms with Gasteiger partial charge in [0, 0.05) is 13.4 Å². The van der Waals surface area contributed by atoms with Crippen LogP contribution in [0.25, 0.3) is 10.4 Å². The van der Waals surface area contributed by atoms with E-state index in [1.807, 2.05) is 19.9 Å². The Kier molecular flexibility index (Phi) is 4.10. The molecule has 0 saturated heterocycles. The largest absolute Gasteiger partial charge is 0.143 e. The second kappa shape index (κ2) is 4.91. The first-order chi connectivity index (χ1) is 6.57. The second-order valence-electron chi connectivity index (χ2n) is 3.01. The van der Waals surface area contributed by atoms with Gasteiger partial charge in [-0.1, -0.05) is 5.11 Å². The van der Waals surface area contributed by atoms with E-state index in [2.05, 4.69) is 45.2 Å². The molecule has 0 bridgehead atoms. The highest BCUT2D eigenvalue weighted by Gasteiger charge is 2.07. The number of rotatable bonds is 2. The average molecular weight is 319 g/mol. The van der Waals surface area contributed by atoms with Crippen molar-refractivity contribution in [3.8, 4) is 0 Å². The van der Waals surface area contributed by atoms with Crippen LogP contribution in [0.5, 0.6) is 0 Å². The minimum Gasteiger partial charge on any atom is -0.143 e. The molecule has 0 aliphatic carbocycles. The molecule has 0 atom stereocenters. The zero-order valence-electron chi connectivity index (χ0n) is 7.95. The molecule has 5 heteroatoms. The quantitative estimate of drug-likeness (QED) is 0.282. The summed E-state index contributed by atoms with van der Waals surface area (Å²) in [7, 11) is 0. The molecule has 1 aromatic carbocycles. The molecule has 0 amide bonds. The van der Waals surface area contributed by atoms with E-state index in [1.165, 1.54) is 14.7 Å². The summed E-state index contributed by atoms with van der Waals surface area (Å²) in [6, 6.07) is 1.96. The maximum atomic E-state index is 8.25. The molecule has 14 heavy (non-hydrogen) atoms. The van der Waals surface area contributed by atoms with Gasteiger partial charge in [-0.3, -0.25) is 0 Å². The van der Waals surface area contributed by atoms with Gasteiger partial charge < -0.3 is 0 Å². The maximum absolute atomic E-state index is 8.25. The highest BCUT2D eigenvalue weighted by molar-refractivity contribution is 14.1. The lowest BCUT2D eigenvalue weighted by Crippen LogP contribution is -1.95. The minimum absolute atomic E-state index is 0.395. The number of thiol groups is 1. The van der Waals surface area contributed by atoms with Gasteiger partial charge in [0.05, 0.1) is 6.54 Å². The third kappa shape index (κ3) is 2.34. The predicted octanol–water partition coefficient (Wildman–Crippen LogP) is 4.01. The van der Waals surface area contributed by atoms with Crippen molar-refractivity contribution in [2.45, 2.75) is 25.3 Å². The topological polar surface area (TPSA) is 48.8 Å². The van der Waals surface area contributed by atoms with Crippen molar-refractivity contribution < 1.29 is 0 Å². The summed E-state index contributed by atoms with van der Waals surface area (Å²) >= 11 is 6.66. The first kappa shape index (κ1) is 11.7. The molecule has 0 fully saturated rings. The Hall–Kier alpha value is -0.390. The first-order valence-electron chi connectivity index (χ1n) is 4.06. The average Bonchev–Trinajstić information content (AvgIpc) is 2.18. The standard InChI is InChI=1S/C9H10IN3S/c1-5-7(4-12-13-11)3-8(14)6(2)9(5)10/h3,14H,4H2,1-2H3. The molecule has 0 aromatic heterocycles. The Morgan fingerprint density at radius 2 is 2.14 bits per heavy atom. The molecule has 0 radical (unpaired) electrons. The molecule has 0 aliphatic heterocycles. The van der Waals surface area contributed by atoms with Crippen molar-refractivity contribution in [1.29, 1.82) is 0 Å². The van der Waals surface area contributed by atoms with Crippen molar-refractivity contribution in [1.82, 2.24) is 0 Å². The summed E-state index contributed by atoms with van der Waals surface area (Å²) in [5, 5.41) is 3.56. The highest BCUT2D eigenvalue weighted by Crippen LogP contribution is 2.26. The molecule has 0 heterocycles. The number of nitrogens with zero attached hydrogens (tertiary/aromatic N) is 3. The summed E-state index contributed by atoms with van der Waals surface area (Å²) < 4.78 is 1.19. The van der Waals surface area contributed by atoms with E-state index in [4.69, 9.17) is 5.53 Å². The maximum Gasteiger partial charge on any atom is 0.0514 e. The molecule has 0 aliphatic rings. The SMILES string of the molecule is Cc1c(S)cc(CN=[N+]=[N-])c(C)c1I. The van der Waals surface area contributed by atoms with Gasteiger partial charge in [0.15, 0.2) is 0 Å². The van der Waals surface area contributed by atoms with E-state index in [0.29, 0.717) is 6.54 Å². The van der Waals surface area contributed by atoms with E-state index in [0.717, 1.165) is 10.5 Å². The van der Waals surface area contributed by atoms with Gasteiger partial charge in [-0.2, -0.15) is 0 Å². The molecular weight excluding hydrogens is 309 g/mol. The lowest BCUT2D eigenvalue weighted by atomic mass is 10.1. The summed E-state index contributed by atoms with van der Waals surface area (Å²) in [5.74, 6) is 0. The molecule has 0 saturated carbocycles. The molecule has 0 N–H and O–H groups in total. The van der Waals surface area contributed by atoms with Gasteiger partial charge in [0.2, 0.25) is 0 Å². The van der Waals surface area contributed by atoms with Gasteiger partial charge in [0.25, 0.3) is 0 Å². The highest BCUT2D eigenvalue weighted by atomic mass is 127. The van der Waals surface area contributed by atoms with Crippen LogP contribution < -0.4 is 0 Å². The molecular formula is C9H10IN3S. The summed E-state index contributed by atoms with van der Waals surface area (Å²) in [5.41, 5.74) is 11.6. The second-order valence-corrected chi connectivity index (χ2v) is 4.57. The van der Waals surface area contributed by atoms with Crippen LogP contribution in [-0.2, 0) is 6.54 Å². The number of benzene rings is 1. The molecule has 0 unspecified atom stereocenters. The van der Waals surface area contributed by atoms with Gasteiger partial charge in [-0.15, -0.1) is 12.6 Å². The molecule has 0 spiro atoms. The Morgan fingerprint density at radius 1 is 1.50 bits per heavy atom. The summed E-state index contributed by atoms with van der Waals surface area (Å²) in [6.07, 6.45) is 0. The Morgan fingerprint density at radius 3 is 2.71 bits per heavy atom. The molecule has 1 aromatic rings. The van der Waals surface area contributed by atoms with Gasteiger partial charge in [-0.25, -0.2) is 0 Å². The first-order valence-corrected chi connectivity index (χ1v) is 5.59. The molecule has 74 valence electrons. The monoisotopic (exact) mass is 319 g/mol. The third-order valence-electron chi connectivity index (χ3n) is 2.14. The Bertz CT molecular complexity index is 411. The van der Waals surface area contributed by atoms with Crippen LogP contribution in [0.2, 0.25) is 0 Å². The zero-order valence-corrected chi connectivity index (χ0v) is 11.0. The van der Waals surface area contributed by atoms with E-state index in [9.17, 15) is 0 Å². The summed E-state index contributed by atoms with van der Waals surface area (Å²) in [6.45, 7) is 4.46. The van der Waals surface area contributed by atoms with Crippen LogP contribution >= 0.6 is 35.2 Å². The van der Waals surface area contributed by atoms with Crippen molar-refractivity contribution in [2.24, 2.45) is 5.11 Å². The van der Waals surface area contributed by atoms with Crippen molar-refractivity contribution >= 4 is 35.2 Å². The molecule has 1 rings (SSSR count). The zero-order chi connectivity index (χ0) is 10.7. The fourth-order valence-electron chi connectivity index (χ4n) is 1.19. The Balaban J connectivity index is 3.25. The normalized spacial score (nSPS) is 9.71. The van der Waals surface area contributed by atoms with Crippen LogP contribution in [0.15, 0.2) is 16.1 Å². The third-order valence-corrected chi connectivity index (χ3v) is 4.22. The predicted molar refractivity (Wildman–Crippen MR) is 68.7 cm³/mol. The van der Waals surface area contributed by atoms with Gasteiger partial charge in [-0.05, 0) is 64.7 Å². The van der Waals surface area contributed by atoms with Crippen molar-refractivity contribution in [3.05, 3.63) is 36.8 Å². The van der Waals surface area contributed by atoms with Crippen LogP contribution in [0.1, 0.15) is 16.7 Å². The van der Waals surface area contributed by atoms with Crippen LogP contribution in [-0.4, -0.2) is 0 Å². The van der Waals surface area contributed by atoms with E-state index < -0.39 is 0 Å². The number of azide groups is 1. The van der Waals surface area contributed by atoms with E-state index in [-0.39, 0.29) is 0 Å². The van der Waals surface area contributed by atoms with Gasteiger partial charge >= 0.3 is 0 Å². The Labute approximate surface area is 102 Å². The lowest BCUT2D eigenvalue weighted by molar-refractivity contribution is 1.01. The molecule has 3 nitrogen and oxygen atoms in total. The van der Waals surface area contributed by atoms with E-state index >= 15 is 0 Å². The van der Waals surface area contributed by atoms with Crippen LogP contribution in [0.3, 0.4) is 0 Å². The van der Waals surface area contributed by atoms with Crippen LogP contribution in [0, 0.1) is 17.4 Å². The number of hydrogen-bond acceptors (Lipinski definition) is 2. The van der Waals surface area contributed by atoms with Gasteiger partial charge in [0.1, 0.15) is 0 Å². The fourth-order valence-corrected chi connectivity index (χ4v) is 2.31. The lowest BCUT2D eigenvalue weighted by Gasteiger charge is -2.10. The van der Waals surface area contributed by atoms with E-state index in [1.54, 1.807) is 0 Å². The van der Waals surface area contributed by atoms with Crippen molar-refractivity contribution in [2.75, 3.05) is 0 Å².